The number of nitrogens with zero attached hydrogens (tertiary/aromatic N) is 1. The number of methoxy groups -OCH3 is 1. The number of amides is 2. The van der Waals surface area contributed by atoms with Crippen molar-refractivity contribution >= 4 is 23.5 Å². The Labute approximate surface area is 134 Å². The molecule has 0 bridgehead atoms. The lowest BCUT2D eigenvalue weighted by molar-refractivity contribution is -0.140. The highest BCUT2D eigenvalue weighted by Gasteiger charge is 2.43. The highest BCUT2D eigenvalue weighted by Crippen LogP contribution is 2.31. The maximum absolute atomic E-state index is 12.6. The molecule has 0 radical (unpaired) electrons. The number of anilines is 1. The normalized spacial score (nSPS) is 17.0. The van der Waals surface area contributed by atoms with Crippen molar-refractivity contribution in [1.29, 1.82) is 0 Å². The van der Waals surface area contributed by atoms with E-state index >= 15 is 0 Å². The molecule has 1 aliphatic rings. The highest BCUT2D eigenvalue weighted by molar-refractivity contribution is 6.23. The summed E-state index contributed by atoms with van der Waals surface area (Å²) < 4.78 is 9.93. The Morgan fingerprint density at radius 1 is 1.35 bits per heavy atom. The zero-order valence-corrected chi connectivity index (χ0v) is 13.0. The lowest BCUT2D eigenvalue weighted by atomic mass is 9.98. The predicted octanol–water partition coefficient (Wildman–Crippen LogP) is 1.85. The van der Waals surface area contributed by atoms with Crippen LogP contribution in [0.3, 0.4) is 0 Å². The summed E-state index contributed by atoms with van der Waals surface area (Å²) in [4.78, 5) is 37.7. The van der Waals surface area contributed by atoms with Crippen molar-refractivity contribution in [3.63, 3.8) is 0 Å². The zero-order chi connectivity index (χ0) is 17.0. The average molecular weight is 315 g/mol. The van der Waals surface area contributed by atoms with Crippen molar-refractivity contribution in [2.75, 3.05) is 18.6 Å². The van der Waals surface area contributed by atoms with Gasteiger partial charge in [-0.05, 0) is 31.2 Å². The topological polar surface area (TPSA) is 72.9 Å². The van der Waals surface area contributed by atoms with Gasteiger partial charge in [-0.2, -0.15) is 0 Å². The van der Waals surface area contributed by atoms with Crippen LogP contribution in [-0.4, -0.2) is 31.5 Å². The van der Waals surface area contributed by atoms with Gasteiger partial charge in [-0.25, -0.2) is 9.69 Å². The molecular weight excluding hydrogens is 298 g/mol. The molecule has 1 aromatic carbocycles. The first-order valence-corrected chi connectivity index (χ1v) is 7.11. The molecule has 1 atom stereocenters. The summed E-state index contributed by atoms with van der Waals surface area (Å²) in [7, 11) is 1.53. The van der Waals surface area contributed by atoms with Gasteiger partial charge in [0.25, 0.3) is 0 Å². The molecule has 1 aliphatic heterocycles. The lowest BCUT2D eigenvalue weighted by Gasteiger charge is -2.15. The zero-order valence-electron chi connectivity index (χ0n) is 13.0. The standard InChI is InChI=1S/C17H17NO5/c1-4-13(17(21)23-5-2)14-10-15(19)18(16(14)20)11-6-8-12(22-3)9-7-11/h6-9,14H,1,5,10H2,2-3H3/t14-/m1/s1. The van der Waals surface area contributed by atoms with Crippen molar-refractivity contribution in [3.05, 3.63) is 42.1 Å². The molecule has 1 fully saturated rings. The first kappa shape index (κ1) is 16.5. The minimum atomic E-state index is -0.916. The van der Waals surface area contributed by atoms with Crippen LogP contribution in [0.5, 0.6) is 5.75 Å². The van der Waals surface area contributed by atoms with Gasteiger partial charge in [-0.3, -0.25) is 9.59 Å². The van der Waals surface area contributed by atoms with E-state index in [1.165, 1.54) is 7.11 Å². The van der Waals surface area contributed by atoms with Crippen LogP contribution in [0.1, 0.15) is 13.3 Å². The van der Waals surface area contributed by atoms with Crippen LogP contribution in [0.15, 0.2) is 42.1 Å². The summed E-state index contributed by atoms with van der Waals surface area (Å²) in [5.74, 6) is -1.85. The smallest absolute Gasteiger partial charge is 0.342 e. The summed E-state index contributed by atoms with van der Waals surface area (Å²) in [6.07, 6.45) is -0.110. The van der Waals surface area contributed by atoms with E-state index < -0.39 is 17.8 Å². The van der Waals surface area contributed by atoms with Gasteiger partial charge in [-0.1, -0.05) is 6.58 Å². The van der Waals surface area contributed by atoms with Crippen LogP contribution >= 0.6 is 0 Å². The number of imide groups is 1. The van der Waals surface area contributed by atoms with Gasteiger partial charge in [0, 0.05) is 6.42 Å². The SMILES string of the molecule is C=C=C(C(=O)OCC)[C@H]1CC(=O)N(c2ccc(OC)cc2)C1=O. The Hall–Kier alpha value is -2.85. The van der Waals surface area contributed by atoms with Gasteiger partial charge in [-0.15, -0.1) is 5.73 Å². The van der Waals surface area contributed by atoms with Crippen molar-refractivity contribution in [2.45, 2.75) is 13.3 Å². The monoisotopic (exact) mass is 315 g/mol. The average Bonchev–Trinajstić information content (AvgIpc) is 2.83. The van der Waals surface area contributed by atoms with Crippen LogP contribution in [0.2, 0.25) is 0 Å². The van der Waals surface area contributed by atoms with Crippen LogP contribution in [0, 0.1) is 5.92 Å². The number of benzene rings is 1. The Kier molecular flexibility index (Phi) is 4.98. The number of ether oxygens (including phenoxy) is 2. The minimum Gasteiger partial charge on any atom is -0.497 e. The summed E-state index contributed by atoms with van der Waals surface area (Å²) in [6, 6.07) is 6.52. The van der Waals surface area contributed by atoms with Crippen molar-refractivity contribution in [1.82, 2.24) is 0 Å². The largest absolute Gasteiger partial charge is 0.497 e. The molecule has 0 spiro atoms. The van der Waals surface area contributed by atoms with E-state index in [1.54, 1.807) is 31.2 Å². The first-order valence-electron chi connectivity index (χ1n) is 7.11. The van der Waals surface area contributed by atoms with Gasteiger partial charge in [0.1, 0.15) is 5.75 Å². The van der Waals surface area contributed by atoms with E-state index in [0.717, 1.165) is 4.90 Å². The molecule has 0 aliphatic carbocycles. The quantitative estimate of drug-likeness (QED) is 0.359. The van der Waals surface area contributed by atoms with Gasteiger partial charge in [0.05, 0.1) is 30.9 Å². The van der Waals surface area contributed by atoms with E-state index in [1.807, 2.05) is 0 Å². The molecule has 1 heterocycles. The van der Waals surface area contributed by atoms with Crippen LogP contribution < -0.4 is 9.64 Å². The second kappa shape index (κ2) is 6.94. The minimum absolute atomic E-state index is 0.0128. The molecule has 2 rings (SSSR count). The third-order valence-electron chi connectivity index (χ3n) is 3.51. The summed E-state index contributed by atoms with van der Waals surface area (Å²) in [6.45, 7) is 5.25. The van der Waals surface area contributed by atoms with E-state index in [0.29, 0.717) is 11.4 Å². The van der Waals surface area contributed by atoms with Gasteiger partial charge >= 0.3 is 5.97 Å². The molecule has 0 N–H and O–H groups in total. The molecular formula is C17H17NO5. The highest BCUT2D eigenvalue weighted by atomic mass is 16.5. The van der Waals surface area contributed by atoms with E-state index in [2.05, 4.69) is 12.3 Å². The van der Waals surface area contributed by atoms with Crippen LogP contribution in [0.25, 0.3) is 0 Å². The second-order valence-electron chi connectivity index (χ2n) is 4.83. The third kappa shape index (κ3) is 3.17. The van der Waals surface area contributed by atoms with Gasteiger partial charge in [0.15, 0.2) is 0 Å². The number of hydrogen-bond donors (Lipinski definition) is 0. The number of carbonyl (C=O) groups excluding carboxylic acids is 3. The maximum Gasteiger partial charge on any atom is 0.342 e. The molecule has 0 unspecified atom stereocenters. The van der Waals surface area contributed by atoms with E-state index in [4.69, 9.17) is 9.47 Å². The molecule has 0 aromatic heterocycles. The lowest BCUT2D eigenvalue weighted by Crippen LogP contribution is -2.31. The van der Waals surface area contributed by atoms with Crippen molar-refractivity contribution < 1.29 is 23.9 Å². The third-order valence-corrected chi connectivity index (χ3v) is 3.51. The van der Waals surface area contributed by atoms with Gasteiger partial charge < -0.3 is 9.47 Å². The van der Waals surface area contributed by atoms with E-state index in [9.17, 15) is 14.4 Å². The number of carbonyl (C=O) groups is 3. The van der Waals surface area contributed by atoms with E-state index in [-0.39, 0.29) is 24.5 Å². The Morgan fingerprint density at radius 3 is 2.52 bits per heavy atom. The summed E-state index contributed by atoms with van der Waals surface area (Å²) in [5.41, 5.74) is 2.86. The molecule has 1 saturated heterocycles. The fourth-order valence-electron chi connectivity index (χ4n) is 2.41. The number of rotatable bonds is 5. The van der Waals surface area contributed by atoms with Gasteiger partial charge in [0.2, 0.25) is 11.8 Å². The van der Waals surface area contributed by atoms with Crippen LogP contribution in [-0.2, 0) is 19.1 Å². The first-order chi connectivity index (χ1) is 11.0. The number of esters is 1. The molecule has 1 aromatic rings. The Morgan fingerprint density at radius 2 is 2.00 bits per heavy atom. The molecule has 6 nitrogen and oxygen atoms in total. The molecule has 2 amide bonds. The van der Waals surface area contributed by atoms with Crippen molar-refractivity contribution in [2.24, 2.45) is 5.92 Å². The predicted molar refractivity (Wildman–Crippen MR) is 82.9 cm³/mol. The molecule has 0 saturated carbocycles. The Bertz CT molecular complexity index is 685. The molecule has 23 heavy (non-hydrogen) atoms. The summed E-state index contributed by atoms with van der Waals surface area (Å²) in [5, 5.41) is 0. The second-order valence-corrected chi connectivity index (χ2v) is 4.83. The number of hydrogen-bond acceptors (Lipinski definition) is 5. The fourth-order valence-corrected chi connectivity index (χ4v) is 2.41. The molecule has 6 heteroatoms. The fraction of sp³-hybridized carbons (Fsp3) is 0.294. The van der Waals surface area contributed by atoms with Crippen LogP contribution in [0.4, 0.5) is 5.69 Å². The van der Waals surface area contributed by atoms with Crippen molar-refractivity contribution in [3.8, 4) is 5.75 Å². The summed E-state index contributed by atoms with van der Waals surface area (Å²) >= 11 is 0. The molecule has 120 valence electrons. The maximum atomic E-state index is 12.6. The Balaban J connectivity index is 2.28.